The number of anilines is 1. The number of hydrogen-bond acceptors (Lipinski definition) is 6. The molecular formula is C18H15N3O3. The van der Waals surface area contributed by atoms with Crippen molar-refractivity contribution < 1.29 is 13.6 Å². The molecule has 0 radical (unpaired) electrons. The predicted molar refractivity (Wildman–Crippen MR) is 88.9 cm³/mol. The minimum absolute atomic E-state index is 0.108. The maximum absolute atomic E-state index is 6.03. The third-order valence-corrected chi connectivity index (χ3v) is 4.37. The number of rotatable bonds is 2. The van der Waals surface area contributed by atoms with Gasteiger partial charge in [0.25, 0.3) is 0 Å². The molecule has 24 heavy (non-hydrogen) atoms. The molecule has 0 N–H and O–H groups in total. The number of benzene rings is 1. The summed E-state index contributed by atoms with van der Waals surface area (Å²) in [5.74, 6) is 1.63. The van der Waals surface area contributed by atoms with Gasteiger partial charge in [-0.1, -0.05) is 12.1 Å². The average Bonchev–Trinajstić information content (AvgIpc) is 3.29. The van der Waals surface area contributed by atoms with Crippen LogP contribution in [0.25, 0.3) is 22.1 Å². The molecule has 1 atom stereocenters. The lowest BCUT2D eigenvalue weighted by molar-refractivity contribution is 0.0255. The number of morpholine rings is 1. The number of aromatic nitrogens is 2. The van der Waals surface area contributed by atoms with E-state index in [0.29, 0.717) is 13.2 Å². The molecule has 1 fully saturated rings. The van der Waals surface area contributed by atoms with Gasteiger partial charge in [-0.3, -0.25) is 0 Å². The Morgan fingerprint density at radius 1 is 1.08 bits per heavy atom. The maximum atomic E-state index is 6.03. The molecule has 4 aromatic rings. The predicted octanol–water partition coefficient (Wildman–Crippen LogP) is 3.55. The fourth-order valence-corrected chi connectivity index (χ4v) is 3.23. The molecule has 120 valence electrons. The Labute approximate surface area is 137 Å². The molecule has 1 aromatic carbocycles. The van der Waals surface area contributed by atoms with Gasteiger partial charge in [-0.05, 0) is 24.3 Å². The summed E-state index contributed by atoms with van der Waals surface area (Å²) in [4.78, 5) is 11.1. The Morgan fingerprint density at radius 3 is 2.96 bits per heavy atom. The van der Waals surface area contributed by atoms with E-state index in [0.717, 1.165) is 40.2 Å². The fraction of sp³-hybridized carbons (Fsp3) is 0.222. The van der Waals surface area contributed by atoms with Crippen LogP contribution in [-0.4, -0.2) is 29.7 Å². The highest BCUT2D eigenvalue weighted by molar-refractivity contribution is 6.05. The van der Waals surface area contributed by atoms with Crippen LogP contribution in [0.15, 0.2) is 57.8 Å². The van der Waals surface area contributed by atoms with Crippen LogP contribution in [0.3, 0.4) is 0 Å². The quantitative estimate of drug-likeness (QED) is 0.562. The van der Waals surface area contributed by atoms with E-state index >= 15 is 0 Å². The number of nitrogens with zero attached hydrogens (tertiary/aromatic N) is 3. The topological polar surface area (TPSA) is 64.5 Å². The summed E-state index contributed by atoms with van der Waals surface area (Å²) in [5.41, 5.74) is 2.39. The molecule has 1 aliphatic rings. The van der Waals surface area contributed by atoms with Gasteiger partial charge in [0.15, 0.2) is 11.4 Å². The van der Waals surface area contributed by atoms with Crippen molar-refractivity contribution in [2.45, 2.75) is 6.10 Å². The van der Waals surface area contributed by atoms with Crippen molar-refractivity contribution >= 4 is 27.9 Å². The van der Waals surface area contributed by atoms with Crippen molar-refractivity contribution in [2.75, 3.05) is 24.6 Å². The molecule has 0 amide bonds. The molecule has 0 saturated carbocycles. The molecule has 1 aliphatic heterocycles. The minimum atomic E-state index is -0.108. The molecule has 0 spiro atoms. The molecule has 3 aromatic heterocycles. The lowest BCUT2D eigenvalue weighted by atomic mass is 10.2. The zero-order valence-corrected chi connectivity index (χ0v) is 12.9. The first-order chi connectivity index (χ1) is 11.9. The van der Waals surface area contributed by atoms with Crippen molar-refractivity contribution in [3.63, 3.8) is 0 Å². The van der Waals surface area contributed by atoms with Crippen molar-refractivity contribution in [3.8, 4) is 0 Å². The SMILES string of the molecule is c1coc(C2CN(c3ncnc4c3oc3ccccc34)CCO2)c1. The van der Waals surface area contributed by atoms with Crippen molar-refractivity contribution in [2.24, 2.45) is 0 Å². The summed E-state index contributed by atoms with van der Waals surface area (Å²) in [6.45, 7) is 2.02. The third kappa shape index (κ3) is 2.07. The molecule has 0 aliphatic carbocycles. The summed E-state index contributed by atoms with van der Waals surface area (Å²) in [6.07, 6.45) is 3.15. The summed E-state index contributed by atoms with van der Waals surface area (Å²) in [7, 11) is 0. The summed E-state index contributed by atoms with van der Waals surface area (Å²) in [5, 5.41) is 1.01. The second kappa shape index (κ2) is 5.35. The van der Waals surface area contributed by atoms with E-state index in [2.05, 4.69) is 14.9 Å². The first kappa shape index (κ1) is 13.6. The molecule has 6 heteroatoms. The summed E-state index contributed by atoms with van der Waals surface area (Å²) >= 11 is 0. The zero-order valence-electron chi connectivity index (χ0n) is 12.9. The van der Waals surface area contributed by atoms with E-state index in [9.17, 15) is 0 Å². The van der Waals surface area contributed by atoms with E-state index in [1.165, 1.54) is 0 Å². The zero-order chi connectivity index (χ0) is 15.9. The average molecular weight is 321 g/mol. The molecule has 1 unspecified atom stereocenters. The lowest BCUT2D eigenvalue weighted by Crippen LogP contribution is -2.38. The van der Waals surface area contributed by atoms with E-state index < -0.39 is 0 Å². The molecular weight excluding hydrogens is 306 g/mol. The van der Waals surface area contributed by atoms with E-state index in [4.69, 9.17) is 13.6 Å². The van der Waals surface area contributed by atoms with E-state index in [-0.39, 0.29) is 6.10 Å². The summed E-state index contributed by atoms with van der Waals surface area (Å²) in [6, 6.07) is 11.7. The highest BCUT2D eigenvalue weighted by Gasteiger charge is 2.27. The van der Waals surface area contributed by atoms with Crippen LogP contribution in [0.1, 0.15) is 11.9 Å². The standard InChI is InChI=1S/C18H15N3O3/c1-2-5-13-12(4-1)16-17(24-13)18(20-11-19-16)21-7-9-23-15(10-21)14-6-3-8-22-14/h1-6,8,11,15H,7,9-10H2. The second-order valence-corrected chi connectivity index (χ2v) is 5.79. The van der Waals surface area contributed by atoms with Crippen LogP contribution in [0.4, 0.5) is 5.82 Å². The van der Waals surface area contributed by atoms with Crippen LogP contribution in [0, 0.1) is 0 Å². The van der Waals surface area contributed by atoms with Gasteiger partial charge in [0.2, 0.25) is 0 Å². The smallest absolute Gasteiger partial charge is 0.196 e. The van der Waals surface area contributed by atoms with Gasteiger partial charge >= 0.3 is 0 Å². The van der Waals surface area contributed by atoms with Crippen LogP contribution in [0.2, 0.25) is 0 Å². The molecule has 6 nitrogen and oxygen atoms in total. The molecule has 0 bridgehead atoms. The second-order valence-electron chi connectivity index (χ2n) is 5.79. The third-order valence-electron chi connectivity index (χ3n) is 4.37. The highest BCUT2D eigenvalue weighted by atomic mass is 16.5. The molecule has 1 saturated heterocycles. The van der Waals surface area contributed by atoms with Gasteiger partial charge in [0, 0.05) is 11.9 Å². The van der Waals surface area contributed by atoms with Gasteiger partial charge in [0.05, 0.1) is 19.4 Å². The maximum Gasteiger partial charge on any atom is 0.196 e. The Morgan fingerprint density at radius 2 is 2.04 bits per heavy atom. The Kier molecular flexibility index (Phi) is 3.02. The monoisotopic (exact) mass is 321 g/mol. The normalized spacial score (nSPS) is 18.5. The van der Waals surface area contributed by atoms with E-state index in [1.54, 1.807) is 12.6 Å². The van der Waals surface area contributed by atoms with Gasteiger partial charge < -0.3 is 18.5 Å². The van der Waals surface area contributed by atoms with Crippen LogP contribution >= 0.6 is 0 Å². The van der Waals surface area contributed by atoms with Crippen molar-refractivity contribution in [1.82, 2.24) is 9.97 Å². The number of fused-ring (bicyclic) bond motifs is 3. The molecule has 4 heterocycles. The number of para-hydroxylation sites is 1. The fourth-order valence-electron chi connectivity index (χ4n) is 3.23. The Hall–Kier alpha value is -2.86. The van der Waals surface area contributed by atoms with Crippen LogP contribution < -0.4 is 4.90 Å². The number of hydrogen-bond donors (Lipinski definition) is 0. The lowest BCUT2D eigenvalue weighted by Gasteiger charge is -2.32. The van der Waals surface area contributed by atoms with Crippen LogP contribution in [0.5, 0.6) is 0 Å². The van der Waals surface area contributed by atoms with E-state index in [1.807, 2.05) is 36.4 Å². The van der Waals surface area contributed by atoms with Gasteiger partial charge in [0.1, 0.15) is 29.3 Å². The Bertz CT molecular complexity index is 993. The first-order valence-corrected chi connectivity index (χ1v) is 7.92. The van der Waals surface area contributed by atoms with Crippen LogP contribution in [-0.2, 0) is 4.74 Å². The summed E-state index contributed by atoms with van der Waals surface area (Å²) < 4.78 is 17.4. The molecule has 5 rings (SSSR count). The van der Waals surface area contributed by atoms with Gasteiger partial charge in [-0.2, -0.15) is 0 Å². The van der Waals surface area contributed by atoms with Gasteiger partial charge in [-0.15, -0.1) is 0 Å². The van der Waals surface area contributed by atoms with Crippen molar-refractivity contribution in [3.05, 3.63) is 54.7 Å². The first-order valence-electron chi connectivity index (χ1n) is 7.92. The number of furan rings is 2. The van der Waals surface area contributed by atoms with Crippen molar-refractivity contribution in [1.29, 1.82) is 0 Å². The number of ether oxygens (including phenoxy) is 1. The largest absolute Gasteiger partial charge is 0.467 e. The Balaban J connectivity index is 1.58. The highest BCUT2D eigenvalue weighted by Crippen LogP contribution is 2.34. The van der Waals surface area contributed by atoms with Gasteiger partial charge in [-0.25, -0.2) is 9.97 Å². The minimum Gasteiger partial charge on any atom is -0.467 e.